The van der Waals surface area contributed by atoms with Crippen LogP contribution in [0.3, 0.4) is 0 Å². The van der Waals surface area contributed by atoms with E-state index < -0.39 is 16.9 Å². The Morgan fingerprint density at radius 3 is 2.81 bits per heavy atom. The number of nitrogens with one attached hydrogen (secondary N) is 1. The summed E-state index contributed by atoms with van der Waals surface area (Å²) >= 11 is 0. The third-order valence-electron chi connectivity index (χ3n) is 3.06. The van der Waals surface area contributed by atoms with Crippen molar-refractivity contribution in [2.75, 3.05) is 5.32 Å². The van der Waals surface area contributed by atoms with Crippen molar-refractivity contribution in [3.8, 4) is 0 Å². The van der Waals surface area contributed by atoms with Gasteiger partial charge in [0.15, 0.2) is 0 Å². The summed E-state index contributed by atoms with van der Waals surface area (Å²) in [5.41, 5.74) is 7.41. The fraction of sp³-hybridized carbons (Fsp3) is 0.231. The Labute approximate surface area is 120 Å². The molecule has 1 heterocycles. The van der Waals surface area contributed by atoms with Gasteiger partial charge in [-0.3, -0.25) is 19.6 Å². The number of benzene rings is 1. The highest BCUT2D eigenvalue weighted by Crippen LogP contribution is 2.23. The van der Waals surface area contributed by atoms with Crippen molar-refractivity contribution in [3.63, 3.8) is 0 Å². The molecule has 0 saturated heterocycles. The Morgan fingerprint density at radius 1 is 1.52 bits per heavy atom. The topological polar surface area (TPSA) is 116 Å². The van der Waals surface area contributed by atoms with Crippen molar-refractivity contribution in [3.05, 3.63) is 51.8 Å². The highest BCUT2D eigenvalue weighted by atomic mass is 16.6. The van der Waals surface area contributed by atoms with Gasteiger partial charge in [0.2, 0.25) is 5.91 Å². The van der Waals surface area contributed by atoms with Crippen LogP contribution in [0, 0.1) is 17.0 Å². The summed E-state index contributed by atoms with van der Waals surface area (Å²) in [5.74, 6) is -0.452. The Bertz CT molecular complexity index is 695. The third kappa shape index (κ3) is 3.23. The lowest BCUT2D eigenvalue weighted by Crippen LogP contribution is -2.27. The fourth-order valence-corrected chi connectivity index (χ4v) is 1.82. The Morgan fingerprint density at radius 2 is 2.24 bits per heavy atom. The maximum absolute atomic E-state index is 12.1. The molecule has 0 bridgehead atoms. The molecule has 0 radical (unpaired) electrons. The summed E-state index contributed by atoms with van der Waals surface area (Å²) < 4.78 is 1.54. The monoisotopic (exact) mass is 289 g/mol. The van der Waals surface area contributed by atoms with Crippen molar-refractivity contribution in [1.29, 1.82) is 0 Å². The average molecular weight is 289 g/mol. The number of amides is 1. The molecule has 0 aliphatic carbocycles. The number of hydrogen-bond donors (Lipinski definition) is 2. The van der Waals surface area contributed by atoms with E-state index in [9.17, 15) is 14.9 Å². The molecule has 3 N–H and O–H groups in total. The second kappa shape index (κ2) is 5.71. The van der Waals surface area contributed by atoms with E-state index in [1.807, 2.05) is 0 Å². The van der Waals surface area contributed by atoms with Crippen molar-refractivity contribution in [2.24, 2.45) is 12.8 Å². The van der Waals surface area contributed by atoms with Gasteiger partial charge in [-0.2, -0.15) is 5.10 Å². The first-order valence-electron chi connectivity index (χ1n) is 6.18. The van der Waals surface area contributed by atoms with Crippen LogP contribution in [0.1, 0.15) is 17.2 Å². The zero-order chi connectivity index (χ0) is 15.6. The first-order chi connectivity index (χ1) is 9.88. The number of nitrogens with zero attached hydrogens (tertiary/aromatic N) is 3. The number of non-ortho nitro benzene ring substituents is 1. The minimum atomic E-state index is -0.891. The number of rotatable bonds is 4. The van der Waals surface area contributed by atoms with E-state index in [1.54, 1.807) is 30.9 Å². The third-order valence-corrected chi connectivity index (χ3v) is 3.06. The normalized spacial score (nSPS) is 12.0. The molecule has 1 amide bonds. The van der Waals surface area contributed by atoms with Crippen LogP contribution in [0.4, 0.5) is 11.4 Å². The van der Waals surface area contributed by atoms with Crippen LogP contribution in [-0.4, -0.2) is 20.6 Å². The van der Waals surface area contributed by atoms with Gasteiger partial charge in [-0.15, -0.1) is 0 Å². The summed E-state index contributed by atoms with van der Waals surface area (Å²) in [4.78, 5) is 22.4. The summed E-state index contributed by atoms with van der Waals surface area (Å²) in [5, 5.41) is 17.3. The van der Waals surface area contributed by atoms with Crippen LogP contribution in [0.2, 0.25) is 0 Å². The fourth-order valence-electron chi connectivity index (χ4n) is 1.82. The van der Waals surface area contributed by atoms with E-state index >= 15 is 0 Å². The number of aryl methyl sites for hydroxylation is 2. The lowest BCUT2D eigenvalue weighted by molar-refractivity contribution is -0.384. The number of carbonyl (C=O) groups is 1. The number of hydrogen-bond acceptors (Lipinski definition) is 5. The molecular weight excluding hydrogens is 274 g/mol. The maximum Gasteiger partial charge on any atom is 0.271 e. The van der Waals surface area contributed by atoms with Gasteiger partial charge in [-0.25, -0.2) is 0 Å². The molecule has 0 aliphatic heterocycles. The van der Waals surface area contributed by atoms with Crippen LogP contribution in [-0.2, 0) is 11.8 Å². The summed E-state index contributed by atoms with van der Waals surface area (Å²) in [6, 6.07) is 3.37. The van der Waals surface area contributed by atoms with Crippen LogP contribution in [0.5, 0.6) is 0 Å². The largest absolute Gasteiger partial charge is 0.324 e. The molecule has 21 heavy (non-hydrogen) atoms. The van der Waals surface area contributed by atoms with Gasteiger partial charge in [-0.05, 0) is 12.5 Å². The molecule has 2 aromatic rings. The standard InChI is InChI=1S/C13H15N5O3/c1-8-3-4-10(18(20)21)5-11(8)16-13(19)12(14)9-6-15-17(2)7-9/h3-7,12H,14H2,1-2H3,(H,16,19). The molecule has 1 aromatic heterocycles. The van der Waals surface area contributed by atoms with Gasteiger partial charge in [0.1, 0.15) is 6.04 Å². The summed E-state index contributed by atoms with van der Waals surface area (Å²) in [6.45, 7) is 1.74. The smallest absolute Gasteiger partial charge is 0.271 e. The van der Waals surface area contributed by atoms with Crippen molar-refractivity contribution < 1.29 is 9.72 Å². The predicted molar refractivity (Wildman–Crippen MR) is 76.6 cm³/mol. The van der Waals surface area contributed by atoms with Crippen LogP contribution >= 0.6 is 0 Å². The Balaban J connectivity index is 2.19. The maximum atomic E-state index is 12.1. The minimum absolute atomic E-state index is 0.0918. The molecule has 1 unspecified atom stereocenters. The number of anilines is 1. The predicted octanol–water partition coefficient (Wildman–Crippen LogP) is 1.28. The second-order valence-corrected chi connectivity index (χ2v) is 4.67. The highest BCUT2D eigenvalue weighted by molar-refractivity contribution is 5.96. The highest BCUT2D eigenvalue weighted by Gasteiger charge is 2.19. The van der Waals surface area contributed by atoms with E-state index in [-0.39, 0.29) is 5.69 Å². The van der Waals surface area contributed by atoms with Crippen LogP contribution < -0.4 is 11.1 Å². The molecule has 8 heteroatoms. The molecule has 0 fully saturated rings. The molecule has 0 saturated carbocycles. The molecule has 1 atom stereocenters. The number of nitro groups is 1. The van der Waals surface area contributed by atoms with Crippen molar-refractivity contribution in [1.82, 2.24) is 9.78 Å². The zero-order valence-corrected chi connectivity index (χ0v) is 11.6. The zero-order valence-electron chi connectivity index (χ0n) is 11.6. The molecular formula is C13H15N5O3. The first-order valence-corrected chi connectivity index (χ1v) is 6.18. The van der Waals surface area contributed by atoms with Crippen LogP contribution in [0.15, 0.2) is 30.6 Å². The van der Waals surface area contributed by atoms with Gasteiger partial charge in [-0.1, -0.05) is 6.07 Å². The number of nitro benzene ring substituents is 1. The van der Waals surface area contributed by atoms with Gasteiger partial charge in [0.05, 0.1) is 16.8 Å². The van der Waals surface area contributed by atoms with E-state index in [0.29, 0.717) is 16.8 Å². The summed E-state index contributed by atoms with van der Waals surface area (Å²) in [6.07, 6.45) is 3.15. The van der Waals surface area contributed by atoms with E-state index in [2.05, 4.69) is 10.4 Å². The second-order valence-electron chi connectivity index (χ2n) is 4.67. The van der Waals surface area contributed by atoms with E-state index in [0.717, 1.165) is 0 Å². The van der Waals surface area contributed by atoms with Crippen LogP contribution in [0.25, 0.3) is 0 Å². The molecule has 1 aromatic carbocycles. The number of aromatic nitrogens is 2. The summed E-state index contributed by atoms with van der Waals surface area (Å²) in [7, 11) is 1.72. The van der Waals surface area contributed by atoms with Gasteiger partial charge < -0.3 is 11.1 Å². The number of carbonyl (C=O) groups excluding carboxylic acids is 1. The Kier molecular flexibility index (Phi) is 3.99. The van der Waals surface area contributed by atoms with Gasteiger partial charge in [0.25, 0.3) is 5.69 Å². The SMILES string of the molecule is Cc1ccc([N+](=O)[O-])cc1NC(=O)C(N)c1cnn(C)c1. The quantitative estimate of drug-likeness (QED) is 0.649. The lowest BCUT2D eigenvalue weighted by atomic mass is 10.1. The minimum Gasteiger partial charge on any atom is -0.324 e. The molecule has 110 valence electrons. The molecule has 8 nitrogen and oxygen atoms in total. The molecule has 0 aliphatic rings. The van der Waals surface area contributed by atoms with Crippen molar-refractivity contribution >= 4 is 17.3 Å². The lowest BCUT2D eigenvalue weighted by Gasteiger charge is -2.12. The van der Waals surface area contributed by atoms with Gasteiger partial charge >= 0.3 is 0 Å². The molecule has 2 rings (SSSR count). The van der Waals surface area contributed by atoms with Gasteiger partial charge in [0, 0.05) is 30.9 Å². The van der Waals surface area contributed by atoms with E-state index in [1.165, 1.54) is 18.3 Å². The Hall–Kier alpha value is -2.74. The van der Waals surface area contributed by atoms with E-state index in [4.69, 9.17) is 5.73 Å². The molecule has 0 spiro atoms. The van der Waals surface area contributed by atoms with Crippen molar-refractivity contribution in [2.45, 2.75) is 13.0 Å². The first kappa shape index (κ1) is 14.7. The number of nitrogens with two attached hydrogens (primary N) is 1. The average Bonchev–Trinajstić information content (AvgIpc) is 2.86.